The standard InChI is InChI=1S/C47H46O4S4/c1-47(2)50-45(29-48-39-25-35(31-52-41-15-7-3-8-16-41)23-36(26-39)32-53-42-17-9-4-10-18-42)46(51-47)30-49-40-27-37(33-54-43-19-11-5-12-20-43)24-38(28-40)34-55-44-21-13-6-14-22-44/h3-28,45-46H,29-34H2,1-2H3/t45-,46-/m1/s1. The molecule has 1 aliphatic heterocycles. The summed E-state index contributed by atoms with van der Waals surface area (Å²) >= 11 is 7.33. The molecule has 0 bridgehead atoms. The number of hydrogen-bond donors (Lipinski definition) is 0. The fraction of sp³-hybridized carbons (Fsp3) is 0.234. The summed E-state index contributed by atoms with van der Waals surface area (Å²) in [6.07, 6.45) is -0.603. The molecule has 0 N–H and O–H groups in total. The molecule has 6 aromatic carbocycles. The first-order valence-corrected chi connectivity index (χ1v) is 22.4. The van der Waals surface area contributed by atoms with Crippen molar-refractivity contribution in [3.05, 3.63) is 180 Å². The molecule has 0 radical (unpaired) electrons. The van der Waals surface area contributed by atoms with Crippen LogP contribution < -0.4 is 9.47 Å². The van der Waals surface area contributed by atoms with Crippen molar-refractivity contribution in [1.29, 1.82) is 0 Å². The lowest BCUT2D eigenvalue weighted by molar-refractivity contribution is -0.150. The Morgan fingerprint density at radius 1 is 0.418 bits per heavy atom. The van der Waals surface area contributed by atoms with Gasteiger partial charge in [0.2, 0.25) is 0 Å². The summed E-state index contributed by atoms with van der Waals surface area (Å²) in [4.78, 5) is 4.99. The Labute approximate surface area is 343 Å². The van der Waals surface area contributed by atoms with Gasteiger partial charge in [-0.15, -0.1) is 47.0 Å². The molecule has 4 nitrogen and oxygen atoms in total. The molecule has 1 fully saturated rings. The van der Waals surface area contributed by atoms with Gasteiger partial charge in [-0.1, -0.05) is 84.9 Å². The van der Waals surface area contributed by atoms with Gasteiger partial charge >= 0.3 is 0 Å². The second kappa shape index (κ2) is 19.9. The van der Waals surface area contributed by atoms with Crippen molar-refractivity contribution >= 4 is 47.0 Å². The molecular weight excluding hydrogens is 757 g/mol. The average molecular weight is 803 g/mol. The first-order chi connectivity index (χ1) is 26.9. The summed E-state index contributed by atoms with van der Waals surface area (Å²) in [6.45, 7) is 4.62. The van der Waals surface area contributed by atoms with Gasteiger partial charge in [0.15, 0.2) is 5.79 Å². The van der Waals surface area contributed by atoms with Crippen molar-refractivity contribution in [3.63, 3.8) is 0 Å². The quantitative estimate of drug-likeness (QED) is 0.0796. The van der Waals surface area contributed by atoms with Gasteiger partial charge in [0, 0.05) is 42.6 Å². The normalized spacial score (nSPS) is 16.2. The van der Waals surface area contributed by atoms with Crippen molar-refractivity contribution in [3.8, 4) is 11.5 Å². The van der Waals surface area contributed by atoms with Gasteiger partial charge in [0.05, 0.1) is 0 Å². The predicted octanol–water partition coefficient (Wildman–Crippen LogP) is 12.8. The summed E-state index contributed by atoms with van der Waals surface area (Å²) in [5.41, 5.74) is 4.91. The molecule has 0 unspecified atom stereocenters. The molecule has 1 saturated heterocycles. The van der Waals surface area contributed by atoms with Crippen LogP contribution in [0.25, 0.3) is 0 Å². The first kappa shape index (κ1) is 39.5. The summed E-state index contributed by atoms with van der Waals surface area (Å²) in [7, 11) is 0. The van der Waals surface area contributed by atoms with Gasteiger partial charge in [-0.3, -0.25) is 0 Å². The minimum absolute atomic E-state index is 0.301. The fourth-order valence-electron chi connectivity index (χ4n) is 6.24. The third kappa shape index (κ3) is 12.6. The van der Waals surface area contributed by atoms with Crippen LogP contribution in [-0.4, -0.2) is 31.2 Å². The molecule has 0 amide bonds. The average Bonchev–Trinajstić information content (AvgIpc) is 3.53. The topological polar surface area (TPSA) is 36.9 Å². The molecule has 7 rings (SSSR count). The summed E-state index contributed by atoms with van der Waals surface area (Å²) in [5.74, 6) is 4.34. The monoisotopic (exact) mass is 802 g/mol. The Morgan fingerprint density at radius 2 is 0.691 bits per heavy atom. The van der Waals surface area contributed by atoms with E-state index in [9.17, 15) is 0 Å². The second-order valence-electron chi connectivity index (χ2n) is 13.7. The Bertz CT molecular complexity index is 1790. The number of hydrogen-bond acceptors (Lipinski definition) is 8. The molecular formula is C47H46O4S4. The van der Waals surface area contributed by atoms with Crippen LogP contribution in [0.4, 0.5) is 0 Å². The van der Waals surface area contributed by atoms with E-state index in [4.69, 9.17) is 18.9 Å². The van der Waals surface area contributed by atoms with Crippen LogP contribution in [0.2, 0.25) is 0 Å². The lowest BCUT2D eigenvalue weighted by Crippen LogP contribution is -2.33. The van der Waals surface area contributed by atoms with Gasteiger partial charge in [-0.05, 0) is 109 Å². The summed E-state index contributed by atoms with van der Waals surface area (Å²) in [6, 6.07) is 55.4. The van der Waals surface area contributed by atoms with E-state index in [2.05, 4.69) is 158 Å². The molecule has 0 aliphatic carbocycles. The van der Waals surface area contributed by atoms with E-state index in [1.165, 1.54) is 41.8 Å². The highest BCUT2D eigenvalue weighted by molar-refractivity contribution is 7.99. The number of thioether (sulfide) groups is 4. The molecule has 282 valence electrons. The van der Waals surface area contributed by atoms with Gasteiger partial charge in [-0.25, -0.2) is 0 Å². The molecule has 55 heavy (non-hydrogen) atoms. The van der Waals surface area contributed by atoms with Gasteiger partial charge in [0.1, 0.15) is 36.9 Å². The number of benzene rings is 6. The van der Waals surface area contributed by atoms with Gasteiger partial charge in [-0.2, -0.15) is 0 Å². The van der Waals surface area contributed by atoms with Gasteiger partial charge < -0.3 is 18.9 Å². The predicted molar refractivity (Wildman–Crippen MR) is 232 cm³/mol. The zero-order valence-corrected chi connectivity index (χ0v) is 34.4. The van der Waals surface area contributed by atoms with Crippen molar-refractivity contribution in [1.82, 2.24) is 0 Å². The zero-order valence-electron chi connectivity index (χ0n) is 31.2. The maximum absolute atomic E-state index is 6.55. The Morgan fingerprint density at radius 3 is 0.964 bits per heavy atom. The Kier molecular flexibility index (Phi) is 14.3. The van der Waals surface area contributed by atoms with Crippen LogP contribution >= 0.6 is 47.0 Å². The van der Waals surface area contributed by atoms with Gasteiger partial charge in [0.25, 0.3) is 0 Å². The van der Waals surface area contributed by atoms with Crippen LogP contribution in [-0.2, 0) is 32.5 Å². The molecule has 0 spiro atoms. The summed E-state index contributed by atoms with van der Waals surface area (Å²) in [5, 5.41) is 0. The lowest BCUT2D eigenvalue weighted by Gasteiger charge is -2.19. The van der Waals surface area contributed by atoms with E-state index in [1.807, 2.05) is 60.9 Å². The molecule has 0 aromatic heterocycles. The first-order valence-electron chi connectivity index (χ1n) is 18.5. The van der Waals surface area contributed by atoms with Crippen LogP contribution in [0, 0.1) is 0 Å². The number of ether oxygens (including phenoxy) is 4. The minimum atomic E-state index is -0.751. The molecule has 1 aliphatic rings. The molecule has 6 aromatic rings. The molecule has 2 atom stereocenters. The van der Waals surface area contributed by atoms with Crippen LogP contribution in [0.1, 0.15) is 36.1 Å². The third-order valence-corrected chi connectivity index (χ3v) is 13.1. The van der Waals surface area contributed by atoms with Crippen molar-refractivity contribution in [2.24, 2.45) is 0 Å². The van der Waals surface area contributed by atoms with E-state index in [1.54, 1.807) is 0 Å². The maximum atomic E-state index is 6.55. The van der Waals surface area contributed by atoms with E-state index in [0.29, 0.717) is 13.2 Å². The highest BCUT2D eigenvalue weighted by Crippen LogP contribution is 2.34. The van der Waals surface area contributed by atoms with E-state index >= 15 is 0 Å². The van der Waals surface area contributed by atoms with Crippen molar-refractivity contribution < 1.29 is 18.9 Å². The van der Waals surface area contributed by atoms with E-state index in [0.717, 1.165) is 34.5 Å². The summed E-state index contributed by atoms with van der Waals surface area (Å²) < 4.78 is 26.0. The van der Waals surface area contributed by atoms with E-state index in [-0.39, 0.29) is 12.2 Å². The fourth-order valence-corrected chi connectivity index (χ4v) is 9.64. The molecule has 8 heteroatoms. The minimum Gasteiger partial charge on any atom is -0.491 e. The lowest BCUT2D eigenvalue weighted by atomic mass is 10.1. The molecule has 1 heterocycles. The zero-order chi connectivity index (χ0) is 37.7. The van der Waals surface area contributed by atoms with Crippen LogP contribution in [0.15, 0.2) is 177 Å². The van der Waals surface area contributed by atoms with E-state index < -0.39 is 5.79 Å². The Balaban J connectivity index is 1.03. The SMILES string of the molecule is CC1(C)O[C@H](COc2cc(CSc3ccccc3)cc(CSc3ccccc3)c2)[C@@H](COc2cc(CSc3ccccc3)cc(CSc3ccccc3)c2)O1. The largest absolute Gasteiger partial charge is 0.491 e. The Hall–Kier alpha value is -3.76. The smallest absolute Gasteiger partial charge is 0.164 e. The third-order valence-electron chi connectivity index (χ3n) is 8.76. The van der Waals surface area contributed by atoms with Crippen molar-refractivity contribution in [2.75, 3.05) is 13.2 Å². The van der Waals surface area contributed by atoms with Crippen LogP contribution in [0.3, 0.4) is 0 Å². The highest BCUT2D eigenvalue weighted by atomic mass is 32.2. The van der Waals surface area contributed by atoms with Crippen LogP contribution in [0.5, 0.6) is 11.5 Å². The molecule has 0 saturated carbocycles. The second-order valence-corrected chi connectivity index (χ2v) is 17.9. The van der Waals surface area contributed by atoms with Crippen molar-refractivity contribution in [2.45, 2.75) is 74.4 Å². The number of rotatable bonds is 18. The highest BCUT2D eigenvalue weighted by Gasteiger charge is 2.42. The maximum Gasteiger partial charge on any atom is 0.164 e.